The van der Waals surface area contributed by atoms with Gasteiger partial charge in [-0.2, -0.15) is 0 Å². The normalized spacial score (nSPS) is 18.7. The van der Waals surface area contributed by atoms with E-state index < -0.39 is 10.0 Å². The van der Waals surface area contributed by atoms with Crippen LogP contribution in [0.25, 0.3) is 0 Å². The third-order valence-corrected chi connectivity index (χ3v) is 8.31. The Kier molecular flexibility index (Phi) is 6.20. The molecule has 1 fully saturated rings. The van der Waals surface area contributed by atoms with Crippen LogP contribution in [-0.2, 0) is 15.4 Å². The Morgan fingerprint density at radius 2 is 1.61 bits per heavy atom. The van der Waals surface area contributed by atoms with Crippen molar-refractivity contribution in [1.29, 1.82) is 0 Å². The lowest BCUT2D eigenvalue weighted by molar-refractivity contribution is 0.193. The molecule has 0 N–H and O–H groups in total. The molecule has 0 spiro atoms. The third-order valence-electron chi connectivity index (χ3n) is 6.43. The quantitative estimate of drug-likeness (QED) is 0.737. The molecule has 0 aliphatic carbocycles. The molecular formula is C22H31N3O2S. The summed E-state index contributed by atoms with van der Waals surface area (Å²) in [5.41, 5.74) is 4.30. The maximum Gasteiger partial charge on any atom is 0.213 e. The molecule has 1 aliphatic rings. The van der Waals surface area contributed by atoms with Crippen LogP contribution in [0, 0.1) is 19.8 Å². The molecule has 1 aromatic heterocycles. The number of hydrogen-bond acceptors (Lipinski definition) is 4. The van der Waals surface area contributed by atoms with Crippen LogP contribution in [0.15, 0.2) is 36.7 Å². The summed E-state index contributed by atoms with van der Waals surface area (Å²) in [6.07, 6.45) is 4.25. The molecule has 2 heterocycles. The van der Waals surface area contributed by atoms with Crippen LogP contribution in [0.5, 0.6) is 0 Å². The number of aryl methyl sites for hydroxylation is 2. The van der Waals surface area contributed by atoms with E-state index in [1.54, 1.807) is 17.6 Å². The summed E-state index contributed by atoms with van der Waals surface area (Å²) in [5, 5.41) is 0. The van der Waals surface area contributed by atoms with Crippen LogP contribution in [-0.4, -0.2) is 41.5 Å². The van der Waals surface area contributed by atoms with E-state index in [9.17, 15) is 8.42 Å². The van der Waals surface area contributed by atoms with Crippen molar-refractivity contribution in [3.63, 3.8) is 0 Å². The molecule has 1 unspecified atom stereocenters. The minimum Gasteiger partial charge on any atom is -0.241 e. The molecule has 6 heteroatoms. The molecule has 152 valence electrons. The highest BCUT2D eigenvalue weighted by molar-refractivity contribution is 7.89. The van der Waals surface area contributed by atoms with E-state index >= 15 is 0 Å². The zero-order valence-corrected chi connectivity index (χ0v) is 18.2. The SMILES string of the molecule is CCC(c1ccccc1)(c1c(C)ncnc1C)C1CCN(S(=O)(=O)CC)CC1. The molecule has 0 radical (unpaired) electrons. The van der Waals surface area contributed by atoms with E-state index in [1.165, 1.54) is 11.1 Å². The minimum absolute atomic E-state index is 0.167. The molecule has 1 aliphatic heterocycles. The van der Waals surface area contributed by atoms with Gasteiger partial charge in [0.05, 0.1) is 5.75 Å². The van der Waals surface area contributed by atoms with Gasteiger partial charge in [0.25, 0.3) is 0 Å². The van der Waals surface area contributed by atoms with Crippen LogP contribution in [0.4, 0.5) is 0 Å². The second-order valence-corrected chi connectivity index (χ2v) is 9.94. The Bertz CT molecular complexity index is 886. The van der Waals surface area contributed by atoms with E-state index in [-0.39, 0.29) is 11.2 Å². The molecule has 1 atom stereocenters. The van der Waals surface area contributed by atoms with Crippen molar-refractivity contribution in [2.75, 3.05) is 18.8 Å². The van der Waals surface area contributed by atoms with Gasteiger partial charge in [-0.15, -0.1) is 0 Å². The predicted molar refractivity (Wildman–Crippen MR) is 113 cm³/mol. The molecule has 3 rings (SSSR count). The Labute approximate surface area is 169 Å². The summed E-state index contributed by atoms with van der Waals surface area (Å²) in [4.78, 5) is 9.05. The molecule has 5 nitrogen and oxygen atoms in total. The van der Waals surface area contributed by atoms with Crippen molar-refractivity contribution in [1.82, 2.24) is 14.3 Å². The van der Waals surface area contributed by atoms with Gasteiger partial charge in [0.1, 0.15) is 6.33 Å². The first-order valence-electron chi connectivity index (χ1n) is 10.2. The summed E-state index contributed by atoms with van der Waals surface area (Å²) < 4.78 is 26.3. The minimum atomic E-state index is -3.13. The van der Waals surface area contributed by atoms with Gasteiger partial charge in [-0.25, -0.2) is 22.7 Å². The molecule has 0 bridgehead atoms. The molecular weight excluding hydrogens is 370 g/mol. The van der Waals surface area contributed by atoms with Gasteiger partial charge in [-0.3, -0.25) is 0 Å². The molecule has 0 amide bonds. The number of nitrogens with zero attached hydrogens (tertiary/aromatic N) is 3. The van der Waals surface area contributed by atoms with Gasteiger partial charge in [-0.05, 0) is 51.5 Å². The smallest absolute Gasteiger partial charge is 0.213 e. The topological polar surface area (TPSA) is 63.2 Å². The Hall–Kier alpha value is -1.79. The van der Waals surface area contributed by atoms with Gasteiger partial charge < -0.3 is 0 Å². The number of sulfonamides is 1. The van der Waals surface area contributed by atoms with Crippen molar-refractivity contribution in [2.24, 2.45) is 5.92 Å². The Morgan fingerprint density at radius 3 is 2.11 bits per heavy atom. The maximum absolute atomic E-state index is 12.3. The number of aromatic nitrogens is 2. The van der Waals surface area contributed by atoms with E-state index in [4.69, 9.17) is 0 Å². The lowest BCUT2D eigenvalue weighted by Gasteiger charge is -2.46. The van der Waals surface area contributed by atoms with E-state index in [0.29, 0.717) is 19.0 Å². The Balaban J connectivity index is 2.09. The lowest BCUT2D eigenvalue weighted by atomic mass is 9.60. The van der Waals surface area contributed by atoms with Crippen LogP contribution >= 0.6 is 0 Å². The second-order valence-electron chi connectivity index (χ2n) is 7.68. The fraction of sp³-hybridized carbons (Fsp3) is 0.545. The van der Waals surface area contributed by atoms with Crippen molar-refractivity contribution >= 4 is 10.0 Å². The fourth-order valence-corrected chi connectivity index (χ4v) is 6.17. The first-order chi connectivity index (χ1) is 13.4. The summed E-state index contributed by atoms with van der Waals surface area (Å²) in [6.45, 7) is 9.24. The molecule has 1 aromatic carbocycles. The number of rotatable bonds is 6. The monoisotopic (exact) mass is 401 g/mol. The largest absolute Gasteiger partial charge is 0.241 e. The molecule has 1 saturated heterocycles. The average Bonchev–Trinajstić information content (AvgIpc) is 2.72. The van der Waals surface area contributed by atoms with Crippen LogP contribution < -0.4 is 0 Å². The summed E-state index contributed by atoms with van der Waals surface area (Å²) >= 11 is 0. The van der Waals surface area contributed by atoms with Crippen LogP contribution in [0.1, 0.15) is 55.6 Å². The molecule has 2 aromatic rings. The first-order valence-corrected chi connectivity index (χ1v) is 11.8. The highest BCUT2D eigenvalue weighted by atomic mass is 32.2. The highest BCUT2D eigenvalue weighted by Crippen LogP contribution is 2.48. The van der Waals surface area contributed by atoms with Crippen LogP contribution in [0.3, 0.4) is 0 Å². The first kappa shape index (κ1) is 20.9. The standard InChI is InChI=1S/C22H31N3O2S/c1-5-22(19-10-8-7-9-11-19,21-17(3)23-16-24-18(21)4)20-12-14-25(15-13-20)28(26,27)6-2/h7-11,16,20H,5-6,12-15H2,1-4H3. The van der Waals surface area contributed by atoms with Gasteiger partial charge in [-0.1, -0.05) is 37.3 Å². The van der Waals surface area contributed by atoms with Gasteiger partial charge >= 0.3 is 0 Å². The van der Waals surface area contributed by atoms with Crippen molar-refractivity contribution in [3.8, 4) is 0 Å². The van der Waals surface area contributed by atoms with Crippen molar-refractivity contribution < 1.29 is 8.42 Å². The van der Waals surface area contributed by atoms with Crippen molar-refractivity contribution in [2.45, 2.75) is 52.4 Å². The number of hydrogen-bond donors (Lipinski definition) is 0. The maximum atomic E-state index is 12.3. The number of piperidine rings is 1. The van der Waals surface area contributed by atoms with Crippen LogP contribution in [0.2, 0.25) is 0 Å². The zero-order valence-electron chi connectivity index (χ0n) is 17.4. The van der Waals surface area contributed by atoms with E-state index in [0.717, 1.165) is 30.7 Å². The fourth-order valence-electron chi connectivity index (χ4n) is 5.04. The number of benzene rings is 1. The molecule has 0 saturated carbocycles. The summed E-state index contributed by atoms with van der Waals surface area (Å²) in [6, 6.07) is 10.6. The summed E-state index contributed by atoms with van der Waals surface area (Å²) in [7, 11) is -3.13. The van der Waals surface area contributed by atoms with Gasteiger partial charge in [0.2, 0.25) is 10.0 Å². The van der Waals surface area contributed by atoms with Gasteiger partial charge in [0, 0.05) is 35.5 Å². The Morgan fingerprint density at radius 1 is 1.04 bits per heavy atom. The lowest BCUT2D eigenvalue weighted by Crippen LogP contribution is -2.46. The highest BCUT2D eigenvalue weighted by Gasteiger charge is 2.45. The zero-order chi connectivity index (χ0) is 20.4. The predicted octanol–water partition coefficient (Wildman–Crippen LogP) is 3.85. The van der Waals surface area contributed by atoms with E-state index in [2.05, 4.69) is 55.0 Å². The van der Waals surface area contributed by atoms with Crippen molar-refractivity contribution in [3.05, 3.63) is 59.2 Å². The van der Waals surface area contributed by atoms with Gasteiger partial charge in [0.15, 0.2) is 0 Å². The summed E-state index contributed by atoms with van der Waals surface area (Å²) in [5.74, 6) is 0.506. The molecule has 28 heavy (non-hydrogen) atoms. The average molecular weight is 402 g/mol. The van der Waals surface area contributed by atoms with E-state index in [1.807, 2.05) is 6.07 Å². The third kappa shape index (κ3) is 3.60. The second kappa shape index (κ2) is 8.29.